The molecule has 2 aromatic rings. The molecule has 0 aliphatic heterocycles. The largest absolute Gasteiger partial charge is 0.257 e. The summed E-state index contributed by atoms with van der Waals surface area (Å²) in [5, 5.41) is 8.82. The maximum absolute atomic E-state index is 11.6. The number of benzene rings is 1. The van der Waals surface area contributed by atoms with Crippen molar-refractivity contribution in [1.29, 1.82) is 0 Å². The molecule has 0 fully saturated rings. The molecule has 96 valence electrons. The van der Waals surface area contributed by atoms with Crippen molar-refractivity contribution in [3.63, 3.8) is 0 Å². The van der Waals surface area contributed by atoms with E-state index in [9.17, 15) is 8.42 Å². The Morgan fingerprint density at radius 1 is 1.22 bits per heavy atom. The number of sulfonamides is 1. The first-order valence-electron chi connectivity index (χ1n) is 5.50. The van der Waals surface area contributed by atoms with Crippen molar-refractivity contribution in [3.8, 4) is 10.6 Å². The standard InChI is InChI=1S/C11H13N3O2S2/c1-2-8-18(15,16)14-11-13-12-10(17-11)9-6-4-3-5-7-9/h3-7H,2,8H2,1H3,(H,13,14). The second kappa shape index (κ2) is 5.45. The van der Waals surface area contributed by atoms with Crippen molar-refractivity contribution in [2.24, 2.45) is 0 Å². The highest BCUT2D eigenvalue weighted by Crippen LogP contribution is 2.26. The van der Waals surface area contributed by atoms with Gasteiger partial charge in [-0.05, 0) is 6.42 Å². The van der Waals surface area contributed by atoms with E-state index in [1.165, 1.54) is 11.3 Å². The van der Waals surface area contributed by atoms with E-state index in [4.69, 9.17) is 0 Å². The Morgan fingerprint density at radius 3 is 2.61 bits per heavy atom. The van der Waals surface area contributed by atoms with E-state index in [-0.39, 0.29) is 5.75 Å². The monoisotopic (exact) mass is 283 g/mol. The molecule has 2 rings (SSSR count). The number of nitrogens with zero attached hydrogens (tertiary/aromatic N) is 2. The molecule has 5 nitrogen and oxygen atoms in total. The van der Waals surface area contributed by atoms with Gasteiger partial charge in [0.15, 0.2) is 0 Å². The summed E-state index contributed by atoms with van der Waals surface area (Å²) in [6, 6.07) is 9.53. The molecule has 0 saturated carbocycles. The summed E-state index contributed by atoms with van der Waals surface area (Å²) in [4.78, 5) is 0. The minimum absolute atomic E-state index is 0.0905. The second-order valence-electron chi connectivity index (χ2n) is 3.70. The van der Waals surface area contributed by atoms with Crippen LogP contribution in [0.2, 0.25) is 0 Å². The number of hydrogen-bond donors (Lipinski definition) is 1. The van der Waals surface area contributed by atoms with E-state index in [2.05, 4.69) is 14.9 Å². The molecule has 0 saturated heterocycles. The SMILES string of the molecule is CCCS(=O)(=O)Nc1nnc(-c2ccccc2)s1. The minimum atomic E-state index is -3.30. The average molecular weight is 283 g/mol. The van der Waals surface area contributed by atoms with Crippen molar-refractivity contribution >= 4 is 26.5 Å². The molecule has 1 aromatic carbocycles. The van der Waals surface area contributed by atoms with E-state index < -0.39 is 10.0 Å². The third-order valence-corrected chi connectivity index (χ3v) is 4.63. The second-order valence-corrected chi connectivity index (χ2v) is 6.52. The van der Waals surface area contributed by atoms with Gasteiger partial charge in [0, 0.05) is 5.56 Å². The van der Waals surface area contributed by atoms with Crippen LogP contribution in [0.4, 0.5) is 5.13 Å². The minimum Gasteiger partial charge on any atom is -0.257 e. The van der Waals surface area contributed by atoms with E-state index in [0.29, 0.717) is 16.6 Å². The molecule has 1 heterocycles. The first-order chi connectivity index (χ1) is 8.61. The van der Waals surface area contributed by atoms with Crippen LogP contribution in [0.25, 0.3) is 10.6 Å². The van der Waals surface area contributed by atoms with E-state index in [1.54, 1.807) is 0 Å². The van der Waals surface area contributed by atoms with Gasteiger partial charge in [-0.2, -0.15) is 0 Å². The first-order valence-corrected chi connectivity index (χ1v) is 7.97. The molecule has 0 aliphatic carbocycles. The van der Waals surface area contributed by atoms with Crippen molar-refractivity contribution in [3.05, 3.63) is 30.3 Å². The van der Waals surface area contributed by atoms with E-state index >= 15 is 0 Å². The molecular weight excluding hydrogens is 270 g/mol. The van der Waals surface area contributed by atoms with Crippen LogP contribution in [-0.2, 0) is 10.0 Å². The van der Waals surface area contributed by atoms with Gasteiger partial charge in [0.2, 0.25) is 15.2 Å². The van der Waals surface area contributed by atoms with Gasteiger partial charge in [0.1, 0.15) is 5.01 Å². The maximum atomic E-state index is 11.6. The van der Waals surface area contributed by atoms with Gasteiger partial charge in [0.05, 0.1) is 5.75 Å². The first kappa shape index (κ1) is 13.0. The smallest absolute Gasteiger partial charge is 0.234 e. The molecule has 1 aromatic heterocycles. The summed E-state index contributed by atoms with van der Waals surface area (Å²) in [6.07, 6.45) is 0.569. The molecule has 0 unspecified atom stereocenters. The molecule has 7 heteroatoms. The Balaban J connectivity index is 2.17. The number of aromatic nitrogens is 2. The fourth-order valence-corrected chi connectivity index (χ4v) is 3.51. The van der Waals surface area contributed by atoms with Gasteiger partial charge in [-0.25, -0.2) is 8.42 Å². The Morgan fingerprint density at radius 2 is 1.94 bits per heavy atom. The highest BCUT2D eigenvalue weighted by molar-refractivity contribution is 7.92. The van der Waals surface area contributed by atoms with Crippen LogP contribution in [0.1, 0.15) is 13.3 Å². The Hall–Kier alpha value is -1.47. The van der Waals surface area contributed by atoms with E-state index in [0.717, 1.165) is 5.56 Å². The summed E-state index contributed by atoms with van der Waals surface area (Å²) in [5.41, 5.74) is 0.927. The molecular formula is C11H13N3O2S2. The summed E-state index contributed by atoms with van der Waals surface area (Å²) in [7, 11) is -3.30. The molecule has 18 heavy (non-hydrogen) atoms. The van der Waals surface area contributed by atoms with E-state index in [1.807, 2.05) is 37.3 Å². The van der Waals surface area contributed by atoms with Gasteiger partial charge in [-0.3, -0.25) is 4.72 Å². The van der Waals surface area contributed by atoms with Gasteiger partial charge in [-0.15, -0.1) is 10.2 Å². The zero-order valence-corrected chi connectivity index (χ0v) is 11.5. The number of rotatable bonds is 5. The van der Waals surface area contributed by atoms with Gasteiger partial charge < -0.3 is 0 Å². The van der Waals surface area contributed by atoms with Crippen LogP contribution in [0.5, 0.6) is 0 Å². The van der Waals surface area contributed by atoms with Crippen LogP contribution in [-0.4, -0.2) is 24.4 Å². The lowest BCUT2D eigenvalue weighted by atomic mass is 10.2. The van der Waals surface area contributed by atoms with Crippen LogP contribution < -0.4 is 4.72 Å². The number of nitrogens with one attached hydrogen (secondary N) is 1. The highest BCUT2D eigenvalue weighted by atomic mass is 32.2. The van der Waals surface area contributed by atoms with Crippen molar-refractivity contribution < 1.29 is 8.42 Å². The summed E-state index contributed by atoms with van der Waals surface area (Å²) in [6.45, 7) is 1.81. The molecule has 0 bridgehead atoms. The van der Waals surface area contributed by atoms with Gasteiger partial charge in [-0.1, -0.05) is 48.6 Å². The van der Waals surface area contributed by atoms with Crippen LogP contribution in [0.3, 0.4) is 0 Å². The zero-order valence-electron chi connectivity index (χ0n) is 9.83. The normalized spacial score (nSPS) is 11.4. The fourth-order valence-electron chi connectivity index (χ4n) is 1.41. The predicted molar refractivity (Wildman–Crippen MR) is 73.0 cm³/mol. The quantitative estimate of drug-likeness (QED) is 0.914. The van der Waals surface area contributed by atoms with Crippen LogP contribution in [0.15, 0.2) is 30.3 Å². The fraction of sp³-hybridized carbons (Fsp3) is 0.273. The summed E-state index contributed by atoms with van der Waals surface area (Å²) < 4.78 is 25.6. The summed E-state index contributed by atoms with van der Waals surface area (Å²) >= 11 is 1.23. The van der Waals surface area contributed by atoms with Crippen molar-refractivity contribution in [2.75, 3.05) is 10.5 Å². The number of anilines is 1. The van der Waals surface area contributed by atoms with Gasteiger partial charge >= 0.3 is 0 Å². The third-order valence-electron chi connectivity index (χ3n) is 2.16. The molecule has 0 atom stereocenters. The molecule has 0 radical (unpaired) electrons. The molecule has 0 amide bonds. The Bertz CT molecular complexity index is 608. The third kappa shape index (κ3) is 3.27. The van der Waals surface area contributed by atoms with Crippen molar-refractivity contribution in [1.82, 2.24) is 10.2 Å². The van der Waals surface area contributed by atoms with Crippen LogP contribution >= 0.6 is 11.3 Å². The van der Waals surface area contributed by atoms with Gasteiger partial charge in [0.25, 0.3) is 0 Å². The average Bonchev–Trinajstić information content (AvgIpc) is 2.77. The molecule has 1 N–H and O–H groups in total. The topological polar surface area (TPSA) is 72.0 Å². The molecule has 0 aliphatic rings. The highest BCUT2D eigenvalue weighted by Gasteiger charge is 2.13. The van der Waals surface area contributed by atoms with Crippen molar-refractivity contribution in [2.45, 2.75) is 13.3 Å². The Labute approximate surface area is 110 Å². The Kier molecular flexibility index (Phi) is 3.93. The zero-order chi connectivity index (χ0) is 13.0. The number of hydrogen-bond acceptors (Lipinski definition) is 5. The lowest BCUT2D eigenvalue weighted by molar-refractivity contribution is 0.600. The van der Waals surface area contributed by atoms with Crippen LogP contribution in [0, 0.1) is 0 Å². The lowest BCUT2D eigenvalue weighted by Gasteiger charge is -2.01. The lowest BCUT2D eigenvalue weighted by Crippen LogP contribution is -2.15. The molecule has 0 spiro atoms. The maximum Gasteiger partial charge on any atom is 0.234 e. The summed E-state index contributed by atoms with van der Waals surface area (Å²) in [5.74, 6) is 0.0905. The predicted octanol–water partition coefficient (Wildman–Crippen LogP) is 2.36.